The molecule has 0 radical (unpaired) electrons. The quantitative estimate of drug-likeness (QED) is 0.00945. The number of esters is 2. The second kappa shape index (κ2) is 51.5. The number of methoxy groups -OCH3 is 2. The number of hydrogen-bond donors (Lipinski definition) is 21. The van der Waals surface area contributed by atoms with Crippen molar-refractivity contribution in [3.05, 3.63) is 29.5 Å². The monoisotopic (exact) mass is 1920 g/mol. The molecule has 746 valence electrons. The Hall–Kier alpha value is -11.7. The van der Waals surface area contributed by atoms with E-state index >= 15 is 0 Å². The summed E-state index contributed by atoms with van der Waals surface area (Å²) >= 11 is 0. The molecule has 1 saturated heterocycles. The summed E-state index contributed by atoms with van der Waals surface area (Å²) in [4.78, 5) is 295. The Balaban J connectivity index is 2.00. The number of carbonyl (C=O) groups is 22. The van der Waals surface area contributed by atoms with Gasteiger partial charge in [0.1, 0.15) is 111 Å². The average molecular weight is 1920 g/mol. The first-order chi connectivity index (χ1) is 61.1. The molecule has 2 aliphatic rings. The van der Waals surface area contributed by atoms with Crippen molar-refractivity contribution < 1.29 is 115 Å². The molecule has 2 rings (SSSR count). The van der Waals surface area contributed by atoms with Gasteiger partial charge >= 0.3 is 11.9 Å². The first kappa shape index (κ1) is 117. The molecule has 0 aromatic carbocycles. The van der Waals surface area contributed by atoms with Crippen molar-refractivity contribution in [1.82, 2.24) is 112 Å². The average Bonchev–Trinajstić information content (AvgIpc) is 1.27. The molecule has 20 amide bonds. The molecule has 133 heavy (non-hydrogen) atoms. The summed E-state index contributed by atoms with van der Waals surface area (Å²) in [6.07, 6.45) is 9.30. The van der Waals surface area contributed by atoms with Crippen LogP contribution in [0.3, 0.4) is 0 Å². The van der Waals surface area contributed by atoms with Crippen LogP contribution in [0.5, 0.6) is 0 Å². The van der Waals surface area contributed by atoms with E-state index in [1.807, 2.05) is 21.6 Å². The molecule has 12 atom stereocenters. The van der Waals surface area contributed by atoms with Gasteiger partial charge in [-0.1, -0.05) is 46.9 Å². The molecule has 1 heterocycles. The Kier molecular flexibility index (Phi) is 45.4. The van der Waals surface area contributed by atoms with Crippen molar-refractivity contribution in [1.29, 1.82) is 0 Å². The van der Waals surface area contributed by atoms with E-state index in [-0.39, 0.29) is 12.0 Å². The van der Waals surface area contributed by atoms with Crippen molar-refractivity contribution in [2.75, 3.05) is 26.5 Å². The Morgan fingerprint density at radius 1 is 0.346 bits per heavy atom. The molecule has 1 aliphatic heterocycles. The van der Waals surface area contributed by atoms with Crippen molar-refractivity contribution in [2.24, 2.45) is 0 Å². The number of ether oxygens (including phenoxy) is 2. The third-order valence-corrected chi connectivity index (χ3v) is 24.1. The second-order valence-electron chi connectivity index (χ2n) is 37.1. The number of hydrazine groups is 1. The van der Waals surface area contributed by atoms with Gasteiger partial charge in [-0.05, 0) is 217 Å². The van der Waals surface area contributed by atoms with E-state index in [2.05, 4.69) is 118 Å². The van der Waals surface area contributed by atoms with Crippen LogP contribution >= 0.6 is 21.6 Å². The first-order valence-electron chi connectivity index (χ1n) is 43.6. The van der Waals surface area contributed by atoms with E-state index in [1.54, 1.807) is 6.08 Å². The smallest absolute Gasteiger partial charge is 0.305 e. The summed E-state index contributed by atoms with van der Waals surface area (Å²) in [5, 5.41) is 48.1. The molecular formula is C86H141N21O24S2. The summed E-state index contributed by atoms with van der Waals surface area (Å²) in [7, 11) is 6.03. The lowest BCUT2D eigenvalue weighted by molar-refractivity contribution is -0.142. The molecule has 1 fully saturated rings. The highest BCUT2D eigenvalue weighted by Crippen LogP contribution is 2.40. The fraction of sp³-hybridized carbons (Fsp3) is 0.686. The number of nitrogens with one attached hydrogen (secondary N) is 21. The van der Waals surface area contributed by atoms with Gasteiger partial charge in [0.05, 0.1) is 19.8 Å². The maximum absolute atomic E-state index is 13.9. The Morgan fingerprint density at radius 3 is 0.887 bits per heavy atom. The number of amides is 20. The van der Waals surface area contributed by atoms with E-state index in [0.717, 1.165) is 39.9 Å². The minimum absolute atomic E-state index is 0.220. The molecule has 21 N–H and O–H groups in total. The highest BCUT2D eigenvalue weighted by atomic mass is 33.1. The molecular weight excluding hydrogens is 1780 g/mol. The van der Waals surface area contributed by atoms with Gasteiger partial charge in [-0.3, -0.25) is 111 Å². The van der Waals surface area contributed by atoms with Crippen molar-refractivity contribution >= 4 is 152 Å². The van der Waals surface area contributed by atoms with Gasteiger partial charge in [-0.2, -0.15) is 0 Å². The van der Waals surface area contributed by atoms with Crippen molar-refractivity contribution in [3.63, 3.8) is 0 Å². The van der Waals surface area contributed by atoms with Gasteiger partial charge in [0.15, 0.2) is 0 Å². The van der Waals surface area contributed by atoms with Crippen LogP contribution in [0.4, 0.5) is 0 Å². The van der Waals surface area contributed by atoms with E-state index in [9.17, 15) is 105 Å². The zero-order valence-corrected chi connectivity index (χ0v) is 82.9. The van der Waals surface area contributed by atoms with Crippen LogP contribution in [0, 0.1) is 0 Å². The van der Waals surface area contributed by atoms with Crippen molar-refractivity contribution in [3.8, 4) is 0 Å². The van der Waals surface area contributed by atoms with E-state index in [0.29, 0.717) is 11.8 Å². The minimum Gasteiger partial charge on any atom is -0.469 e. The molecule has 0 aromatic heterocycles. The fourth-order valence-corrected chi connectivity index (χ4v) is 14.7. The van der Waals surface area contributed by atoms with E-state index in [4.69, 9.17) is 9.47 Å². The highest BCUT2D eigenvalue weighted by molar-refractivity contribution is 8.77. The Morgan fingerprint density at radius 2 is 0.617 bits per heavy atom. The van der Waals surface area contributed by atoms with Crippen LogP contribution in [-0.4, -0.2) is 273 Å². The summed E-state index contributed by atoms with van der Waals surface area (Å²) in [6.45, 7) is 33.1. The molecule has 0 aromatic rings. The van der Waals surface area contributed by atoms with Gasteiger partial charge in [0.2, 0.25) is 112 Å². The topological polar surface area (TPSA) is 647 Å². The third kappa shape index (κ3) is 39.2. The molecule has 45 nitrogen and oxygen atoms in total. The summed E-state index contributed by atoms with van der Waals surface area (Å²) in [6, 6.07) is -15.0. The van der Waals surface area contributed by atoms with Crippen LogP contribution in [0.1, 0.15) is 237 Å². The SMILES string of the molecule is COC(=O)CC[C@H](NC(=O)C(C)(C)NC(=O)[C@H](C)NC(=O)C(C)(C)NC(=O)[C@H](C)NC(=O)[C@H](C)NNC(=O)C1=C=CC=C1)C(=O)N[C@@H](C)C(=O)NC(C)(C)C(=O)N[C@@H](C)C(=O)NC(C)(C)C(=O)N[C@@H](C)C(=O)NC(C)(C)C(=O)N[C@@H](C)C(=O)NC(C)(C)C(=O)N[C@@H](CCC(=O)OC)C(=O)N[C@@H](C)C(=O)NC(C)(C)C(=O)N[C@@H](C)C(=O)NC(C)(C)C(=O)NCCCCCCC1CCSS1. The lowest BCUT2D eigenvalue weighted by Crippen LogP contribution is -2.65. The van der Waals surface area contributed by atoms with Crippen LogP contribution in [0.15, 0.2) is 29.5 Å². The molecule has 0 bridgehead atoms. The second-order valence-corrected chi connectivity index (χ2v) is 39.8. The molecule has 47 heteroatoms. The van der Waals surface area contributed by atoms with Gasteiger partial charge in [-0.25, -0.2) is 5.43 Å². The molecule has 0 spiro atoms. The van der Waals surface area contributed by atoms with E-state index in [1.165, 1.54) is 204 Å². The zero-order valence-electron chi connectivity index (χ0n) is 81.3. The summed E-state index contributed by atoms with van der Waals surface area (Å²) < 4.78 is 9.45. The van der Waals surface area contributed by atoms with Gasteiger partial charge in [0.25, 0.3) is 5.91 Å². The van der Waals surface area contributed by atoms with Gasteiger partial charge in [-0.15, -0.1) is 5.73 Å². The predicted molar refractivity (Wildman–Crippen MR) is 491 cm³/mol. The largest absolute Gasteiger partial charge is 0.469 e. The van der Waals surface area contributed by atoms with Gasteiger partial charge in [0, 0.05) is 30.4 Å². The normalized spacial score (nSPS) is 15.8. The van der Waals surface area contributed by atoms with Crippen LogP contribution in [0.25, 0.3) is 0 Å². The van der Waals surface area contributed by atoms with Crippen LogP contribution in [0.2, 0.25) is 0 Å². The standard InChI is InChI=1S/C86H141N21O24S2/c1-44(88-59(110)52(9)106-107-68(119)53-34-31-32-35-53)60(111)99-80(12,13)72(123)94-50(7)66(117)104-85(22,23)77(128)96-56(38-40-58(109)131-27)70(121)90-46(3)62(113)101-82(16,17)74(125)92-48(5)64(115)102-83(18,19)75(126)93-49(6)65(116)103-84(20,21)76(127)95-51(8)67(118)105-86(24,25)78(129)97-55(37-39-57(108)130-26)69(120)89-45(2)61(112)100-81(14,15)73(124)91-47(4)63(114)98-79(10,11)71(122)87-42-33-29-28-30-36-54-41-43-132-133-54/h31-32,34,44-52,54-56,106H,28-30,33,36-43H2,1-27H3,(H,87,122)(H,88,110)(H,89,120)(H,90,121)(H,91,124)(H,92,125)(H,93,126)(H,94,123)(H,95,127)(H,96,128)(H,97,129)(H,98,114)(H,99,111)(H,100,112)(H,101,113)(H,102,115)(H,103,116)(H,104,117)(H,105,118)(H,107,119)/t44-,45-,46-,47-,48-,49-,50-,51-,52-,54?,55-,56-/m0/s1. The lowest BCUT2D eigenvalue weighted by Gasteiger charge is -2.32. The summed E-state index contributed by atoms with van der Waals surface area (Å²) in [5.41, 5.74) is -6.14. The maximum atomic E-state index is 13.9. The minimum atomic E-state index is -1.87. The number of hydrogen-bond acceptors (Lipinski definition) is 27. The fourth-order valence-electron chi connectivity index (χ4n) is 11.7. The third-order valence-electron chi connectivity index (χ3n) is 21.1. The first-order valence-corrected chi connectivity index (χ1v) is 46.0. The van der Waals surface area contributed by atoms with Gasteiger partial charge < -0.3 is 110 Å². The Bertz CT molecular complexity index is 4420. The predicted octanol–water partition coefficient (Wildman–Crippen LogP) is -3.06. The zero-order chi connectivity index (χ0) is 102. The van der Waals surface area contributed by atoms with Crippen LogP contribution < -0.4 is 112 Å². The van der Waals surface area contributed by atoms with E-state index < -0.39 is 260 Å². The number of unbranched alkanes of at least 4 members (excludes halogenated alkanes) is 3. The number of allylic oxidation sites excluding steroid dienone is 1. The maximum Gasteiger partial charge on any atom is 0.305 e. The van der Waals surface area contributed by atoms with Crippen LogP contribution in [-0.2, 0) is 115 Å². The molecule has 1 aliphatic carbocycles. The van der Waals surface area contributed by atoms with Crippen molar-refractivity contribution in [2.45, 2.75) is 353 Å². The molecule has 0 saturated carbocycles. The number of rotatable bonds is 53. The summed E-state index contributed by atoms with van der Waals surface area (Å²) in [5.74, 6) is -17.5. The Labute approximate surface area is 784 Å². The highest BCUT2D eigenvalue weighted by Gasteiger charge is 2.44. The molecule has 1 unspecified atom stereocenters. The lowest BCUT2D eigenvalue weighted by atomic mass is 10.00. The number of carbonyl (C=O) groups excluding carboxylic acids is 22.